The van der Waals surface area contributed by atoms with E-state index in [2.05, 4.69) is 6.58 Å². The van der Waals surface area contributed by atoms with Crippen molar-refractivity contribution in [3.05, 3.63) is 12.2 Å². The summed E-state index contributed by atoms with van der Waals surface area (Å²) in [5.74, 6) is -2.86. The topological polar surface area (TPSA) is 104 Å². The van der Waals surface area contributed by atoms with Crippen LogP contribution in [0.15, 0.2) is 12.2 Å². The summed E-state index contributed by atoms with van der Waals surface area (Å²) in [6.07, 6.45) is 2.08. The third-order valence-corrected chi connectivity index (χ3v) is 8.57. The molecule has 0 radical (unpaired) electrons. The van der Waals surface area contributed by atoms with E-state index < -0.39 is 51.9 Å². The summed E-state index contributed by atoms with van der Waals surface area (Å²) < 4.78 is 5.96. The van der Waals surface area contributed by atoms with Crippen LogP contribution in [-0.4, -0.2) is 44.6 Å². The van der Waals surface area contributed by atoms with Crippen molar-refractivity contribution in [1.29, 1.82) is 0 Å². The summed E-state index contributed by atoms with van der Waals surface area (Å²) in [7, 11) is 0. The zero-order chi connectivity index (χ0) is 18.0. The van der Waals surface area contributed by atoms with E-state index in [0.29, 0.717) is 44.1 Å². The zero-order valence-electron chi connectivity index (χ0n) is 14.3. The number of carboxylic acids is 1. The second kappa shape index (κ2) is 4.12. The number of aliphatic hydroxyl groups is 2. The molecule has 136 valence electrons. The first-order chi connectivity index (χ1) is 11.6. The molecule has 4 aliphatic carbocycles. The van der Waals surface area contributed by atoms with Gasteiger partial charge in [-0.1, -0.05) is 6.58 Å². The Morgan fingerprint density at radius 1 is 1.32 bits per heavy atom. The van der Waals surface area contributed by atoms with Gasteiger partial charge in [0.1, 0.15) is 5.60 Å². The Kier molecular flexibility index (Phi) is 2.61. The highest BCUT2D eigenvalue weighted by atomic mass is 16.6. The fraction of sp³-hybridized carbons (Fsp3) is 0.789. The summed E-state index contributed by atoms with van der Waals surface area (Å²) in [4.78, 5) is 25.1. The monoisotopic (exact) mass is 348 g/mol. The first-order valence-corrected chi connectivity index (χ1v) is 9.17. The van der Waals surface area contributed by atoms with Gasteiger partial charge in [-0.25, -0.2) is 0 Å². The second-order valence-electron chi connectivity index (χ2n) is 9.29. The van der Waals surface area contributed by atoms with Crippen molar-refractivity contribution in [3.63, 3.8) is 0 Å². The molecule has 25 heavy (non-hydrogen) atoms. The van der Waals surface area contributed by atoms with Gasteiger partial charge in [0.15, 0.2) is 0 Å². The Balaban J connectivity index is 1.76. The molecule has 1 saturated heterocycles. The van der Waals surface area contributed by atoms with Crippen molar-refractivity contribution in [2.75, 3.05) is 0 Å². The third-order valence-electron chi connectivity index (χ3n) is 8.57. The smallest absolute Gasteiger partial charge is 0.315 e. The van der Waals surface area contributed by atoms with Gasteiger partial charge in [-0.05, 0) is 56.4 Å². The maximum absolute atomic E-state index is 12.7. The number of carbonyl (C=O) groups excluding carboxylic acids is 1. The fourth-order valence-corrected chi connectivity index (χ4v) is 7.65. The predicted octanol–water partition coefficient (Wildman–Crippen LogP) is 1.25. The van der Waals surface area contributed by atoms with E-state index in [9.17, 15) is 24.9 Å². The predicted molar refractivity (Wildman–Crippen MR) is 85.3 cm³/mol. The molecular weight excluding hydrogens is 324 g/mol. The molecule has 5 fully saturated rings. The summed E-state index contributed by atoms with van der Waals surface area (Å²) >= 11 is 0. The van der Waals surface area contributed by atoms with E-state index in [0.717, 1.165) is 0 Å². The van der Waals surface area contributed by atoms with Crippen molar-refractivity contribution in [3.8, 4) is 0 Å². The van der Waals surface area contributed by atoms with Crippen LogP contribution in [0.3, 0.4) is 0 Å². The summed E-state index contributed by atoms with van der Waals surface area (Å²) in [5.41, 5.74) is -2.93. The molecule has 0 aromatic rings. The van der Waals surface area contributed by atoms with Gasteiger partial charge < -0.3 is 20.1 Å². The van der Waals surface area contributed by atoms with Gasteiger partial charge in [0, 0.05) is 11.8 Å². The number of rotatable bonds is 1. The number of esters is 1. The molecule has 0 aromatic carbocycles. The maximum atomic E-state index is 12.7. The van der Waals surface area contributed by atoms with Gasteiger partial charge in [0.2, 0.25) is 0 Å². The van der Waals surface area contributed by atoms with Gasteiger partial charge in [0.25, 0.3) is 0 Å². The van der Waals surface area contributed by atoms with E-state index >= 15 is 0 Å². The molecule has 8 atom stereocenters. The minimum Gasteiger partial charge on any atom is -0.481 e. The van der Waals surface area contributed by atoms with Gasteiger partial charge in [-0.3, -0.25) is 9.59 Å². The highest BCUT2D eigenvalue weighted by Gasteiger charge is 2.84. The van der Waals surface area contributed by atoms with Crippen LogP contribution in [0.25, 0.3) is 0 Å². The zero-order valence-corrected chi connectivity index (χ0v) is 14.3. The molecule has 3 N–H and O–H groups in total. The molecule has 6 heteroatoms. The molecule has 1 spiro atoms. The lowest BCUT2D eigenvalue weighted by molar-refractivity contribution is -0.164. The van der Waals surface area contributed by atoms with Crippen molar-refractivity contribution < 1.29 is 29.6 Å². The SMILES string of the molecule is C=C1C[C@]23C[C@@]1(O)CC[C@H]2[C@]12CC[C@@H](O)[C@](C)(C(=O)O1)[C@@H]2[C@H]3C(=O)O. The Hall–Kier alpha value is -1.40. The van der Waals surface area contributed by atoms with Crippen LogP contribution in [0.5, 0.6) is 0 Å². The number of carboxylic acid groups (broad SMARTS) is 1. The minimum absolute atomic E-state index is 0.0936. The second-order valence-corrected chi connectivity index (χ2v) is 9.29. The van der Waals surface area contributed by atoms with Crippen LogP contribution in [0, 0.1) is 28.6 Å². The Morgan fingerprint density at radius 2 is 2.04 bits per heavy atom. The molecule has 6 nitrogen and oxygen atoms in total. The normalized spacial score (nSPS) is 58.7. The molecule has 0 unspecified atom stereocenters. The van der Waals surface area contributed by atoms with Crippen LogP contribution in [0.1, 0.15) is 45.4 Å². The minimum atomic E-state index is -1.19. The van der Waals surface area contributed by atoms with Crippen LogP contribution in [0.2, 0.25) is 0 Å². The molecule has 4 saturated carbocycles. The quantitative estimate of drug-likeness (QED) is 0.487. The average molecular weight is 348 g/mol. The van der Waals surface area contributed by atoms with Gasteiger partial charge in [0.05, 0.1) is 23.0 Å². The number of carbonyl (C=O) groups is 2. The number of fused-ring (bicyclic) bond motifs is 1. The maximum Gasteiger partial charge on any atom is 0.315 e. The number of hydrogen-bond donors (Lipinski definition) is 3. The molecule has 0 amide bonds. The van der Waals surface area contributed by atoms with Crippen molar-refractivity contribution >= 4 is 11.9 Å². The van der Waals surface area contributed by atoms with E-state index in [1.54, 1.807) is 6.92 Å². The van der Waals surface area contributed by atoms with E-state index in [1.165, 1.54) is 0 Å². The van der Waals surface area contributed by atoms with Crippen LogP contribution >= 0.6 is 0 Å². The number of ether oxygens (including phenoxy) is 1. The average Bonchev–Trinajstić information content (AvgIpc) is 2.95. The van der Waals surface area contributed by atoms with Crippen LogP contribution in [-0.2, 0) is 14.3 Å². The van der Waals surface area contributed by atoms with E-state index in [4.69, 9.17) is 4.74 Å². The van der Waals surface area contributed by atoms with Gasteiger partial charge in [-0.2, -0.15) is 0 Å². The number of hydrogen-bond acceptors (Lipinski definition) is 5. The molecule has 1 aliphatic heterocycles. The Morgan fingerprint density at radius 3 is 2.72 bits per heavy atom. The van der Waals surface area contributed by atoms with E-state index in [1.807, 2.05) is 0 Å². The summed E-state index contributed by atoms with van der Waals surface area (Å²) in [6.45, 7) is 5.71. The van der Waals surface area contributed by atoms with Crippen molar-refractivity contribution in [2.45, 2.75) is 62.8 Å². The fourth-order valence-electron chi connectivity index (χ4n) is 7.65. The third kappa shape index (κ3) is 1.41. The van der Waals surface area contributed by atoms with Crippen LogP contribution < -0.4 is 0 Å². The largest absolute Gasteiger partial charge is 0.481 e. The molecule has 5 aliphatic rings. The lowest BCUT2D eigenvalue weighted by Gasteiger charge is -2.45. The molecular formula is C19H24O6. The van der Waals surface area contributed by atoms with E-state index in [-0.39, 0.29) is 5.92 Å². The summed E-state index contributed by atoms with van der Waals surface area (Å²) in [5, 5.41) is 31.7. The first kappa shape index (κ1) is 15.8. The summed E-state index contributed by atoms with van der Waals surface area (Å²) in [6, 6.07) is 0. The highest BCUT2D eigenvalue weighted by Crippen LogP contribution is 2.78. The van der Waals surface area contributed by atoms with Gasteiger partial charge >= 0.3 is 11.9 Å². The molecule has 1 heterocycles. The molecule has 5 rings (SSSR count). The Bertz CT molecular complexity index is 731. The number of aliphatic carboxylic acids is 1. The molecule has 4 bridgehead atoms. The lowest BCUT2D eigenvalue weighted by Crippen LogP contribution is -2.53. The standard InChI is InChI=1S/C19H24O6/c1-9-7-17-8-18(9,24)5-3-10(17)19-6-4-11(20)16(2,15(23)25-19)13(19)12(17)14(21)22/h10-13,20,24H,1,3-8H2,2H3,(H,21,22)/t10-,11-,12+,13+,16+,17+,18+,19+/m1/s1. The van der Waals surface area contributed by atoms with Gasteiger partial charge in [-0.15, -0.1) is 0 Å². The molecule has 0 aromatic heterocycles. The number of aliphatic hydroxyl groups excluding tert-OH is 1. The Labute approximate surface area is 145 Å². The lowest BCUT2D eigenvalue weighted by atomic mass is 9.59. The van der Waals surface area contributed by atoms with Crippen molar-refractivity contribution in [2.24, 2.45) is 28.6 Å². The first-order valence-electron chi connectivity index (χ1n) is 9.17. The van der Waals surface area contributed by atoms with Crippen molar-refractivity contribution in [1.82, 2.24) is 0 Å². The van der Waals surface area contributed by atoms with Crippen LogP contribution in [0.4, 0.5) is 0 Å². The highest BCUT2D eigenvalue weighted by molar-refractivity contribution is 5.85.